The highest BCUT2D eigenvalue weighted by molar-refractivity contribution is 5.97. The van der Waals surface area contributed by atoms with Crippen molar-refractivity contribution in [3.05, 3.63) is 34.9 Å². The molecule has 0 radical (unpaired) electrons. The molecule has 3 nitrogen and oxygen atoms in total. The highest BCUT2D eigenvalue weighted by Gasteiger charge is 2.27. The first-order chi connectivity index (χ1) is 8.13. The van der Waals surface area contributed by atoms with Crippen molar-refractivity contribution in [2.45, 2.75) is 20.3 Å². The van der Waals surface area contributed by atoms with E-state index in [4.69, 9.17) is 5.11 Å². The van der Waals surface area contributed by atoms with Gasteiger partial charge in [0.2, 0.25) is 0 Å². The van der Waals surface area contributed by atoms with Crippen molar-refractivity contribution >= 4 is 5.91 Å². The first kappa shape index (κ1) is 12.1. The molecule has 17 heavy (non-hydrogen) atoms. The maximum absolute atomic E-state index is 12.4. The Balaban J connectivity index is 2.21. The minimum absolute atomic E-state index is 0.108. The summed E-state index contributed by atoms with van der Waals surface area (Å²) in [7, 11) is 0. The van der Waals surface area contributed by atoms with E-state index in [1.54, 1.807) is 0 Å². The summed E-state index contributed by atoms with van der Waals surface area (Å²) >= 11 is 0. The van der Waals surface area contributed by atoms with Crippen LogP contribution in [0.15, 0.2) is 18.2 Å². The van der Waals surface area contributed by atoms with E-state index in [9.17, 15) is 4.79 Å². The zero-order valence-corrected chi connectivity index (χ0v) is 10.4. The standard InChI is InChI=1S/C14H19NO2/c1-10-4-3-5-11(2)13(10)14(17)15-7-6-12(8-15)9-16/h3-5,12,16H,6-9H2,1-2H3. The smallest absolute Gasteiger partial charge is 0.254 e. The second kappa shape index (κ2) is 4.88. The van der Waals surface area contributed by atoms with Gasteiger partial charge >= 0.3 is 0 Å². The number of hydrogen-bond donors (Lipinski definition) is 1. The molecule has 1 N–H and O–H groups in total. The number of benzene rings is 1. The Morgan fingerprint density at radius 3 is 2.59 bits per heavy atom. The molecule has 1 aromatic rings. The number of likely N-dealkylation sites (tertiary alicyclic amines) is 1. The van der Waals surface area contributed by atoms with Crippen LogP contribution in [-0.4, -0.2) is 35.6 Å². The minimum atomic E-state index is 0.108. The minimum Gasteiger partial charge on any atom is -0.396 e. The summed E-state index contributed by atoms with van der Waals surface area (Å²) in [5, 5.41) is 9.11. The number of aryl methyl sites for hydroxylation is 2. The van der Waals surface area contributed by atoms with Crippen LogP contribution in [0, 0.1) is 19.8 Å². The molecule has 3 heteroatoms. The summed E-state index contributed by atoms with van der Waals surface area (Å²) in [5.74, 6) is 0.361. The Labute approximate surface area is 102 Å². The van der Waals surface area contributed by atoms with Gasteiger partial charge in [-0.15, -0.1) is 0 Å². The number of aliphatic hydroxyl groups excluding tert-OH is 1. The number of amides is 1. The SMILES string of the molecule is Cc1cccc(C)c1C(=O)N1CCC(CO)C1. The van der Waals surface area contributed by atoms with Crippen molar-refractivity contribution in [1.82, 2.24) is 4.90 Å². The lowest BCUT2D eigenvalue weighted by Gasteiger charge is -2.19. The topological polar surface area (TPSA) is 40.5 Å². The van der Waals surface area contributed by atoms with E-state index in [0.29, 0.717) is 6.54 Å². The highest BCUT2D eigenvalue weighted by Crippen LogP contribution is 2.21. The quantitative estimate of drug-likeness (QED) is 0.845. The highest BCUT2D eigenvalue weighted by atomic mass is 16.3. The van der Waals surface area contributed by atoms with E-state index < -0.39 is 0 Å². The third kappa shape index (κ3) is 2.34. The molecule has 1 amide bonds. The molecule has 1 atom stereocenters. The molecule has 0 aliphatic carbocycles. The molecule has 1 fully saturated rings. The van der Waals surface area contributed by atoms with Crippen LogP contribution in [0.1, 0.15) is 27.9 Å². The summed E-state index contributed by atoms with van der Waals surface area (Å²) in [5.41, 5.74) is 2.89. The van der Waals surface area contributed by atoms with Gasteiger partial charge in [-0.1, -0.05) is 18.2 Å². The van der Waals surface area contributed by atoms with Crippen LogP contribution in [0.2, 0.25) is 0 Å². The lowest BCUT2D eigenvalue weighted by Crippen LogP contribution is -2.30. The fourth-order valence-electron chi connectivity index (χ4n) is 2.48. The molecule has 1 aromatic carbocycles. The lowest BCUT2D eigenvalue weighted by molar-refractivity contribution is 0.0780. The van der Waals surface area contributed by atoms with Gasteiger partial charge in [-0.3, -0.25) is 4.79 Å². The molecule has 0 saturated carbocycles. The van der Waals surface area contributed by atoms with Gasteiger partial charge in [0.05, 0.1) is 0 Å². The fourth-order valence-corrected chi connectivity index (χ4v) is 2.48. The van der Waals surface area contributed by atoms with Gasteiger partial charge in [0, 0.05) is 31.2 Å². The van der Waals surface area contributed by atoms with E-state index in [0.717, 1.165) is 29.7 Å². The number of rotatable bonds is 2. The summed E-state index contributed by atoms with van der Waals surface area (Å²) in [6, 6.07) is 5.92. The van der Waals surface area contributed by atoms with Crippen LogP contribution in [0.3, 0.4) is 0 Å². The van der Waals surface area contributed by atoms with Crippen molar-refractivity contribution in [2.24, 2.45) is 5.92 Å². The molecular weight excluding hydrogens is 214 g/mol. The Kier molecular flexibility index (Phi) is 3.48. The maximum atomic E-state index is 12.4. The summed E-state index contributed by atoms with van der Waals surface area (Å²) < 4.78 is 0. The zero-order chi connectivity index (χ0) is 12.4. The average molecular weight is 233 g/mol. The van der Waals surface area contributed by atoms with E-state index in [2.05, 4.69) is 0 Å². The molecule has 0 spiro atoms. The third-order valence-electron chi connectivity index (χ3n) is 3.53. The number of carbonyl (C=O) groups excluding carboxylic acids is 1. The van der Waals surface area contributed by atoms with Crippen LogP contribution in [0.5, 0.6) is 0 Å². The van der Waals surface area contributed by atoms with E-state index in [1.807, 2.05) is 36.9 Å². The number of nitrogens with zero attached hydrogens (tertiary/aromatic N) is 1. The van der Waals surface area contributed by atoms with Gasteiger partial charge in [0.15, 0.2) is 0 Å². The van der Waals surface area contributed by atoms with Crippen molar-refractivity contribution in [3.8, 4) is 0 Å². The summed E-state index contributed by atoms with van der Waals surface area (Å²) in [6.45, 7) is 5.57. The van der Waals surface area contributed by atoms with Crippen LogP contribution in [-0.2, 0) is 0 Å². The van der Waals surface area contributed by atoms with E-state index in [-0.39, 0.29) is 18.4 Å². The molecule has 2 rings (SSSR count). The molecule has 1 aliphatic heterocycles. The predicted molar refractivity (Wildman–Crippen MR) is 67.0 cm³/mol. The number of hydrogen-bond acceptors (Lipinski definition) is 2. The summed E-state index contributed by atoms with van der Waals surface area (Å²) in [4.78, 5) is 14.3. The number of carbonyl (C=O) groups is 1. The Morgan fingerprint density at radius 1 is 1.41 bits per heavy atom. The second-order valence-electron chi connectivity index (χ2n) is 4.86. The van der Waals surface area contributed by atoms with Gasteiger partial charge in [-0.25, -0.2) is 0 Å². The van der Waals surface area contributed by atoms with Crippen molar-refractivity contribution in [2.75, 3.05) is 19.7 Å². The van der Waals surface area contributed by atoms with Gasteiger partial charge in [-0.2, -0.15) is 0 Å². The van der Waals surface area contributed by atoms with Crippen molar-refractivity contribution < 1.29 is 9.90 Å². The van der Waals surface area contributed by atoms with Crippen LogP contribution < -0.4 is 0 Å². The average Bonchev–Trinajstić information content (AvgIpc) is 2.77. The van der Waals surface area contributed by atoms with Crippen molar-refractivity contribution in [1.29, 1.82) is 0 Å². The van der Waals surface area contributed by atoms with Crippen LogP contribution in [0.4, 0.5) is 0 Å². The normalized spacial score (nSPS) is 19.7. The van der Waals surface area contributed by atoms with Gasteiger partial charge in [-0.05, 0) is 31.4 Å². The van der Waals surface area contributed by atoms with Gasteiger partial charge in [0.1, 0.15) is 0 Å². The molecular formula is C14H19NO2. The molecule has 1 saturated heterocycles. The number of aliphatic hydroxyl groups is 1. The van der Waals surface area contributed by atoms with E-state index >= 15 is 0 Å². The first-order valence-electron chi connectivity index (χ1n) is 6.10. The molecule has 92 valence electrons. The largest absolute Gasteiger partial charge is 0.396 e. The lowest BCUT2D eigenvalue weighted by atomic mass is 10.0. The monoisotopic (exact) mass is 233 g/mol. The van der Waals surface area contributed by atoms with Crippen molar-refractivity contribution in [3.63, 3.8) is 0 Å². The molecule has 0 bridgehead atoms. The Hall–Kier alpha value is -1.35. The third-order valence-corrected chi connectivity index (χ3v) is 3.53. The fraction of sp³-hybridized carbons (Fsp3) is 0.500. The predicted octanol–water partition coefficient (Wildman–Crippen LogP) is 1.76. The van der Waals surface area contributed by atoms with Crippen LogP contribution >= 0.6 is 0 Å². The van der Waals surface area contributed by atoms with E-state index in [1.165, 1.54) is 0 Å². The molecule has 1 unspecified atom stereocenters. The molecule has 1 heterocycles. The Bertz CT molecular complexity index is 408. The Morgan fingerprint density at radius 2 is 2.06 bits per heavy atom. The maximum Gasteiger partial charge on any atom is 0.254 e. The first-order valence-corrected chi connectivity index (χ1v) is 6.10. The second-order valence-corrected chi connectivity index (χ2v) is 4.86. The van der Waals surface area contributed by atoms with Crippen LogP contribution in [0.25, 0.3) is 0 Å². The van der Waals surface area contributed by atoms with Gasteiger partial charge in [0.25, 0.3) is 5.91 Å². The molecule has 1 aliphatic rings. The van der Waals surface area contributed by atoms with Gasteiger partial charge < -0.3 is 10.0 Å². The summed E-state index contributed by atoms with van der Waals surface area (Å²) in [6.07, 6.45) is 0.910. The zero-order valence-electron chi connectivity index (χ0n) is 10.4. The molecule has 0 aromatic heterocycles.